The lowest BCUT2D eigenvalue weighted by molar-refractivity contribution is 0.763. The van der Waals surface area contributed by atoms with Gasteiger partial charge in [0.25, 0.3) is 0 Å². The third-order valence-electron chi connectivity index (χ3n) is 3.85. The number of rotatable bonds is 4. The van der Waals surface area contributed by atoms with Gasteiger partial charge in [-0.05, 0) is 44.7 Å². The first-order valence-electron chi connectivity index (χ1n) is 6.80. The van der Waals surface area contributed by atoms with E-state index in [1.165, 1.54) is 22.4 Å². The summed E-state index contributed by atoms with van der Waals surface area (Å²) in [4.78, 5) is 4.52. The summed E-state index contributed by atoms with van der Waals surface area (Å²) in [5.74, 6) is 1.04. The minimum absolute atomic E-state index is 0.518. The van der Waals surface area contributed by atoms with Crippen molar-refractivity contribution < 1.29 is 0 Å². The molecule has 0 bridgehead atoms. The van der Waals surface area contributed by atoms with E-state index in [0.29, 0.717) is 6.54 Å². The summed E-state index contributed by atoms with van der Waals surface area (Å²) in [5, 5.41) is 0. The molecule has 0 amide bonds. The van der Waals surface area contributed by atoms with Crippen LogP contribution in [0.4, 0.5) is 0 Å². The third kappa shape index (κ3) is 2.87. The van der Waals surface area contributed by atoms with Gasteiger partial charge in [0.05, 0.1) is 5.69 Å². The van der Waals surface area contributed by atoms with Gasteiger partial charge >= 0.3 is 0 Å². The van der Waals surface area contributed by atoms with E-state index in [1.54, 1.807) is 0 Å². The van der Waals surface area contributed by atoms with E-state index in [-0.39, 0.29) is 0 Å². The van der Waals surface area contributed by atoms with Gasteiger partial charge in [0.2, 0.25) is 0 Å². The predicted octanol–water partition coefficient (Wildman–Crippen LogP) is 2.59. The van der Waals surface area contributed by atoms with E-state index in [0.717, 1.165) is 24.4 Å². The molecule has 1 heterocycles. The minimum Gasteiger partial charge on any atom is -0.335 e. The molecular weight excluding hydrogens is 234 g/mol. The van der Waals surface area contributed by atoms with E-state index in [2.05, 4.69) is 48.6 Å². The lowest BCUT2D eigenvalue weighted by atomic mass is 10.00. The van der Waals surface area contributed by atoms with Crippen molar-refractivity contribution in [1.82, 2.24) is 9.55 Å². The average molecular weight is 257 g/mol. The van der Waals surface area contributed by atoms with Gasteiger partial charge in [0.1, 0.15) is 5.82 Å². The van der Waals surface area contributed by atoms with Crippen LogP contribution in [0.5, 0.6) is 0 Å². The van der Waals surface area contributed by atoms with Crippen LogP contribution in [0.15, 0.2) is 18.2 Å². The lowest BCUT2D eigenvalue weighted by Gasteiger charge is -2.09. The zero-order chi connectivity index (χ0) is 14.0. The van der Waals surface area contributed by atoms with Gasteiger partial charge in [-0.3, -0.25) is 0 Å². The zero-order valence-electron chi connectivity index (χ0n) is 12.3. The largest absolute Gasteiger partial charge is 0.335 e. The fourth-order valence-electron chi connectivity index (χ4n) is 2.52. The van der Waals surface area contributed by atoms with Crippen molar-refractivity contribution >= 4 is 0 Å². The van der Waals surface area contributed by atoms with Crippen molar-refractivity contribution in [2.24, 2.45) is 12.8 Å². The van der Waals surface area contributed by atoms with Gasteiger partial charge in [-0.2, -0.15) is 0 Å². The van der Waals surface area contributed by atoms with Crippen LogP contribution in [-0.4, -0.2) is 9.55 Å². The molecule has 0 fully saturated rings. The Kier molecular flexibility index (Phi) is 4.05. The first kappa shape index (κ1) is 13.8. The van der Waals surface area contributed by atoms with Crippen LogP contribution in [0, 0.1) is 20.8 Å². The summed E-state index contributed by atoms with van der Waals surface area (Å²) in [6.45, 7) is 6.86. The Labute approximate surface area is 115 Å². The summed E-state index contributed by atoms with van der Waals surface area (Å²) in [6, 6.07) is 6.64. The Balaban J connectivity index is 2.21. The molecule has 3 nitrogen and oxygen atoms in total. The Morgan fingerprint density at radius 1 is 1.16 bits per heavy atom. The van der Waals surface area contributed by atoms with E-state index >= 15 is 0 Å². The van der Waals surface area contributed by atoms with Crippen LogP contribution in [-0.2, 0) is 26.4 Å². The molecule has 0 saturated heterocycles. The Hall–Kier alpha value is -1.61. The van der Waals surface area contributed by atoms with Crippen LogP contribution in [0.1, 0.15) is 33.9 Å². The van der Waals surface area contributed by atoms with Crippen LogP contribution in [0.3, 0.4) is 0 Å². The van der Waals surface area contributed by atoms with Gasteiger partial charge in [-0.1, -0.05) is 23.8 Å². The van der Waals surface area contributed by atoms with E-state index in [4.69, 9.17) is 5.73 Å². The average Bonchev–Trinajstić information content (AvgIpc) is 2.66. The highest BCUT2D eigenvalue weighted by Crippen LogP contribution is 2.16. The van der Waals surface area contributed by atoms with Crippen LogP contribution in [0.2, 0.25) is 0 Å². The molecular formula is C16H23N3. The minimum atomic E-state index is 0.518. The van der Waals surface area contributed by atoms with Crippen molar-refractivity contribution in [2.75, 3.05) is 0 Å². The summed E-state index contributed by atoms with van der Waals surface area (Å²) in [7, 11) is 2.07. The highest BCUT2D eigenvalue weighted by atomic mass is 15.1. The number of hydrogen-bond acceptors (Lipinski definition) is 2. The van der Waals surface area contributed by atoms with Gasteiger partial charge in [0.15, 0.2) is 0 Å². The third-order valence-corrected chi connectivity index (χ3v) is 3.85. The monoisotopic (exact) mass is 257 g/mol. The topological polar surface area (TPSA) is 43.8 Å². The van der Waals surface area contributed by atoms with Crippen molar-refractivity contribution in [2.45, 2.75) is 40.2 Å². The van der Waals surface area contributed by atoms with Crippen molar-refractivity contribution in [3.63, 3.8) is 0 Å². The Morgan fingerprint density at radius 3 is 2.58 bits per heavy atom. The quantitative estimate of drug-likeness (QED) is 0.915. The van der Waals surface area contributed by atoms with E-state index < -0.39 is 0 Å². The molecule has 0 aliphatic carbocycles. The SMILES string of the molecule is Cc1ccc(C)c(CCc2c(CN)nc(C)n2C)c1. The number of aromatic nitrogens is 2. The molecule has 0 unspecified atom stereocenters. The Bertz CT molecular complexity index is 582. The molecule has 0 atom stereocenters. The normalized spacial score (nSPS) is 11.0. The number of imidazole rings is 1. The lowest BCUT2D eigenvalue weighted by Crippen LogP contribution is -2.06. The fourth-order valence-corrected chi connectivity index (χ4v) is 2.52. The molecule has 1 aromatic carbocycles. The molecule has 2 rings (SSSR count). The fraction of sp³-hybridized carbons (Fsp3) is 0.438. The van der Waals surface area contributed by atoms with Gasteiger partial charge in [-0.25, -0.2) is 4.98 Å². The van der Waals surface area contributed by atoms with Gasteiger partial charge in [0, 0.05) is 19.3 Å². The number of aryl methyl sites for hydroxylation is 4. The first-order chi connectivity index (χ1) is 9.02. The zero-order valence-corrected chi connectivity index (χ0v) is 12.3. The molecule has 102 valence electrons. The molecule has 0 aliphatic rings. The molecule has 0 radical (unpaired) electrons. The second-order valence-corrected chi connectivity index (χ2v) is 5.25. The summed E-state index contributed by atoms with van der Waals surface area (Å²) < 4.78 is 2.16. The molecule has 0 spiro atoms. The molecule has 2 aromatic rings. The summed E-state index contributed by atoms with van der Waals surface area (Å²) in [5.41, 5.74) is 12.2. The first-order valence-corrected chi connectivity index (χ1v) is 6.80. The van der Waals surface area contributed by atoms with Gasteiger partial charge in [-0.15, -0.1) is 0 Å². The van der Waals surface area contributed by atoms with Crippen LogP contribution in [0.25, 0.3) is 0 Å². The second kappa shape index (κ2) is 5.57. The maximum absolute atomic E-state index is 5.78. The molecule has 1 aromatic heterocycles. The van der Waals surface area contributed by atoms with E-state index in [9.17, 15) is 0 Å². The second-order valence-electron chi connectivity index (χ2n) is 5.25. The smallest absolute Gasteiger partial charge is 0.105 e. The predicted molar refractivity (Wildman–Crippen MR) is 79.2 cm³/mol. The van der Waals surface area contributed by atoms with Crippen LogP contribution >= 0.6 is 0 Å². The number of nitrogens with two attached hydrogens (primary N) is 1. The highest BCUT2D eigenvalue weighted by molar-refractivity contribution is 5.31. The Morgan fingerprint density at radius 2 is 1.89 bits per heavy atom. The number of nitrogens with zero attached hydrogens (tertiary/aromatic N) is 2. The van der Waals surface area contributed by atoms with Crippen molar-refractivity contribution in [3.05, 3.63) is 52.1 Å². The molecule has 0 saturated carbocycles. The van der Waals surface area contributed by atoms with E-state index in [1.807, 2.05) is 6.92 Å². The summed E-state index contributed by atoms with van der Waals surface area (Å²) in [6.07, 6.45) is 2.04. The molecule has 3 heteroatoms. The maximum Gasteiger partial charge on any atom is 0.105 e. The van der Waals surface area contributed by atoms with Gasteiger partial charge < -0.3 is 10.3 Å². The molecule has 2 N–H and O–H groups in total. The molecule has 19 heavy (non-hydrogen) atoms. The molecule has 0 aliphatic heterocycles. The summed E-state index contributed by atoms with van der Waals surface area (Å²) >= 11 is 0. The van der Waals surface area contributed by atoms with Crippen molar-refractivity contribution in [1.29, 1.82) is 0 Å². The number of hydrogen-bond donors (Lipinski definition) is 1. The standard InChI is InChI=1S/C16H23N3/c1-11-5-6-12(2)14(9-11)7-8-16-15(10-17)18-13(3)19(16)4/h5-6,9H,7-8,10,17H2,1-4H3. The maximum atomic E-state index is 5.78. The van der Waals surface area contributed by atoms with Crippen LogP contribution < -0.4 is 5.73 Å². The number of benzene rings is 1. The highest BCUT2D eigenvalue weighted by Gasteiger charge is 2.11. The van der Waals surface area contributed by atoms with Crippen molar-refractivity contribution in [3.8, 4) is 0 Å².